The molecular weight excluding hydrogens is 386 g/mol. The van der Waals surface area contributed by atoms with Crippen LogP contribution in [0.5, 0.6) is 0 Å². The molecule has 0 aromatic heterocycles. The quantitative estimate of drug-likeness (QED) is 0.607. The van der Waals surface area contributed by atoms with Gasteiger partial charge in [0.1, 0.15) is 0 Å². The second-order valence-electron chi connectivity index (χ2n) is 7.81. The lowest BCUT2D eigenvalue weighted by molar-refractivity contribution is -0.118. The van der Waals surface area contributed by atoms with Crippen LogP contribution in [0, 0.1) is 11.3 Å². The van der Waals surface area contributed by atoms with Crippen LogP contribution >= 0.6 is 12.4 Å². The maximum atomic E-state index is 12.4. The zero-order chi connectivity index (χ0) is 18.6. The van der Waals surface area contributed by atoms with Gasteiger partial charge in [-0.2, -0.15) is 0 Å². The minimum atomic E-state index is -3.48. The summed E-state index contributed by atoms with van der Waals surface area (Å²) in [4.78, 5) is 12.6. The molecule has 2 fully saturated rings. The summed E-state index contributed by atoms with van der Waals surface area (Å²) in [6, 6.07) is 6.34. The molecule has 2 aliphatic carbocycles. The van der Waals surface area contributed by atoms with Crippen LogP contribution < -0.4 is 15.8 Å². The number of hydrogen-bond acceptors (Lipinski definition) is 4. The number of hydrogen-bond donors (Lipinski definition) is 3. The van der Waals surface area contributed by atoms with E-state index in [1.165, 1.54) is 18.6 Å². The van der Waals surface area contributed by atoms with Gasteiger partial charge in [0.05, 0.1) is 4.90 Å². The molecule has 0 bridgehead atoms. The van der Waals surface area contributed by atoms with E-state index >= 15 is 0 Å². The third-order valence-corrected chi connectivity index (χ3v) is 7.03. The molecule has 0 unspecified atom stereocenters. The number of nitrogens with two attached hydrogens (primary N) is 1. The summed E-state index contributed by atoms with van der Waals surface area (Å²) in [5, 5.41) is 2.88. The van der Waals surface area contributed by atoms with Gasteiger partial charge in [-0.25, -0.2) is 13.1 Å². The van der Waals surface area contributed by atoms with E-state index in [0.29, 0.717) is 31.1 Å². The number of nitrogens with one attached hydrogen (secondary N) is 2. The van der Waals surface area contributed by atoms with Gasteiger partial charge in [0, 0.05) is 18.7 Å². The second-order valence-corrected chi connectivity index (χ2v) is 9.58. The molecular formula is C19H30ClN3O3S. The molecule has 1 aromatic carbocycles. The highest BCUT2D eigenvalue weighted by Crippen LogP contribution is 2.38. The molecule has 152 valence electrons. The first-order valence-electron chi connectivity index (χ1n) is 9.52. The van der Waals surface area contributed by atoms with Gasteiger partial charge >= 0.3 is 0 Å². The number of anilines is 1. The van der Waals surface area contributed by atoms with Crippen molar-refractivity contribution in [3.8, 4) is 0 Å². The Kier molecular flexibility index (Phi) is 7.68. The molecule has 27 heavy (non-hydrogen) atoms. The fourth-order valence-corrected chi connectivity index (χ4v) is 4.77. The first-order valence-corrected chi connectivity index (χ1v) is 11.0. The Balaban J connectivity index is 0.00000261. The van der Waals surface area contributed by atoms with Crippen molar-refractivity contribution in [1.82, 2.24) is 4.72 Å². The number of carbonyl (C=O) groups excluding carboxylic acids is 1. The molecule has 3 rings (SSSR count). The van der Waals surface area contributed by atoms with Crippen LogP contribution in [0.3, 0.4) is 0 Å². The Hall–Kier alpha value is -1.15. The predicted octanol–water partition coefficient (Wildman–Crippen LogP) is 3.03. The SMILES string of the molecule is Cl.NCC1(CC(=O)Nc2ccc(S(=O)(=O)NCC3CC3)cc2)CCCCC1. The molecule has 2 saturated carbocycles. The zero-order valence-electron chi connectivity index (χ0n) is 15.6. The zero-order valence-corrected chi connectivity index (χ0v) is 17.2. The highest BCUT2D eigenvalue weighted by atomic mass is 35.5. The van der Waals surface area contributed by atoms with E-state index in [0.717, 1.165) is 38.5 Å². The normalized spacial score (nSPS) is 19.1. The van der Waals surface area contributed by atoms with Gasteiger partial charge in [-0.15, -0.1) is 12.4 Å². The molecule has 0 spiro atoms. The van der Waals surface area contributed by atoms with Gasteiger partial charge in [0.15, 0.2) is 0 Å². The van der Waals surface area contributed by atoms with Crippen molar-refractivity contribution in [2.45, 2.75) is 56.3 Å². The lowest BCUT2D eigenvalue weighted by Gasteiger charge is -2.35. The van der Waals surface area contributed by atoms with Gasteiger partial charge < -0.3 is 11.1 Å². The Bertz CT molecular complexity index is 727. The van der Waals surface area contributed by atoms with Crippen molar-refractivity contribution in [2.24, 2.45) is 17.1 Å². The monoisotopic (exact) mass is 415 g/mol. The molecule has 0 atom stereocenters. The molecule has 6 nitrogen and oxygen atoms in total. The van der Waals surface area contributed by atoms with E-state index < -0.39 is 10.0 Å². The summed E-state index contributed by atoms with van der Waals surface area (Å²) >= 11 is 0. The van der Waals surface area contributed by atoms with Crippen LogP contribution in [-0.4, -0.2) is 27.4 Å². The molecule has 0 radical (unpaired) electrons. The minimum Gasteiger partial charge on any atom is -0.330 e. The highest BCUT2D eigenvalue weighted by Gasteiger charge is 2.33. The number of benzene rings is 1. The molecule has 4 N–H and O–H groups in total. The van der Waals surface area contributed by atoms with Gasteiger partial charge in [-0.1, -0.05) is 19.3 Å². The predicted molar refractivity (Wildman–Crippen MR) is 109 cm³/mol. The lowest BCUT2D eigenvalue weighted by Crippen LogP contribution is -2.36. The van der Waals surface area contributed by atoms with E-state index in [4.69, 9.17) is 5.73 Å². The third kappa shape index (κ3) is 6.17. The van der Waals surface area contributed by atoms with Crippen molar-refractivity contribution in [3.05, 3.63) is 24.3 Å². The van der Waals surface area contributed by atoms with Crippen molar-refractivity contribution in [1.29, 1.82) is 0 Å². The lowest BCUT2D eigenvalue weighted by atomic mass is 9.71. The Morgan fingerprint density at radius 2 is 1.74 bits per heavy atom. The topological polar surface area (TPSA) is 101 Å². The van der Waals surface area contributed by atoms with E-state index in [-0.39, 0.29) is 28.6 Å². The number of amides is 1. The van der Waals surface area contributed by atoms with E-state index in [2.05, 4.69) is 10.0 Å². The van der Waals surface area contributed by atoms with Crippen LogP contribution in [0.25, 0.3) is 0 Å². The second kappa shape index (κ2) is 9.37. The Labute approximate surface area is 168 Å². The van der Waals surface area contributed by atoms with E-state index in [1.54, 1.807) is 12.1 Å². The fraction of sp³-hybridized carbons (Fsp3) is 0.632. The van der Waals surface area contributed by atoms with Crippen LogP contribution in [0.15, 0.2) is 29.2 Å². The first-order chi connectivity index (χ1) is 12.4. The van der Waals surface area contributed by atoms with Gasteiger partial charge in [0.25, 0.3) is 0 Å². The molecule has 0 heterocycles. The summed E-state index contributed by atoms with van der Waals surface area (Å²) in [5.74, 6) is 0.429. The summed E-state index contributed by atoms with van der Waals surface area (Å²) < 4.78 is 27.1. The van der Waals surface area contributed by atoms with Crippen LogP contribution in [0.4, 0.5) is 5.69 Å². The Morgan fingerprint density at radius 1 is 1.11 bits per heavy atom. The summed E-state index contributed by atoms with van der Waals surface area (Å²) in [6.45, 7) is 1.03. The van der Waals surface area contributed by atoms with Crippen molar-refractivity contribution >= 4 is 34.0 Å². The molecule has 0 aliphatic heterocycles. The first kappa shape index (κ1) is 22.1. The number of sulfonamides is 1. The maximum Gasteiger partial charge on any atom is 0.240 e. The minimum absolute atomic E-state index is 0. The number of halogens is 1. The number of rotatable bonds is 8. The van der Waals surface area contributed by atoms with Crippen molar-refractivity contribution in [2.75, 3.05) is 18.4 Å². The molecule has 1 amide bonds. The average Bonchev–Trinajstić information content (AvgIpc) is 3.46. The van der Waals surface area contributed by atoms with Crippen LogP contribution in [0.1, 0.15) is 51.4 Å². The summed E-state index contributed by atoms with van der Waals surface area (Å²) in [7, 11) is -3.48. The molecule has 0 saturated heterocycles. The Morgan fingerprint density at radius 3 is 2.30 bits per heavy atom. The average molecular weight is 416 g/mol. The molecule has 1 aromatic rings. The fourth-order valence-electron chi connectivity index (χ4n) is 3.65. The highest BCUT2D eigenvalue weighted by molar-refractivity contribution is 7.89. The van der Waals surface area contributed by atoms with Crippen LogP contribution in [-0.2, 0) is 14.8 Å². The standard InChI is InChI=1S/C19H29N3O3S.ClH/c20-14-19(10-2-1-3-11-19)12-18(23)22-16-6-8-17(9-7-16)26(24,25)21-13-15-4-5-15;/h6-9,15,21H,1-5,10-14,20H2,(H,22,23);1H. The molecule has 8 heteroatoms. The van der Waals surface area contributed by atoms with Gasteiger partial charge in [-0.3, -0.25) is 4.79 Å². The number of carbonyl (C=O) groups is 1. The van der Waals surface area contributed by atoms with E-state index in [1.807, 2.05) is 0 Å². The summed E-state index contributed by atoms with van der Waals surface area (Å²) in [5.41, 5.74) is 6.47. The van der Waals surface area contributed by atoms with Crippen molar-refractivity contribution in [3.63, 3.8) is 0 Å². The molecule has 2 aliphatic rings. The van der Waals surface area contributed by atoms with Gasteiger partial charge in [0.2, 0.25) is 15.9 Å². The smallest absolute Gasteiger partial charge is 0.240 e. The third-order valence-electron chi connectivity index (χ3n) is 5.59. The van der Waals surface area contributed by atoms with E-state index in [9.17, 15) is 13.2 Å². The van der Waals surface area contributed by atoms with Crippen molar-refractivity contribution < 1.29 is 13.2 Å². The van der Waals surface area contributed by atoms with Crippen LogP contribution in [0.2, 0.25) is 0 Å². The maximum absolute atomic E-state index is 12.4. The largest absolute Gasteiger partial charge is 0.330 e. The van der Waals surface area contributed by atoms with Gasteiger partial charge in [-0.05, 0) is 67.8 Å². The summed E-state index contributed by atoms with van der Waals surface area (Å²) in [6.07, 6.45) is 8.09.